The molecule has 136 valence electrons. The molecule has 3 heterocycles. The molecule has 10 nitrogen and oxygen atoms in total. The first-order chi connectivity index (χ1) is 11.8. The monoisotopic (exact) mass is 370 g/mol. The molecule has 25 heavy (non-hydrogen) atoms. The van der Waals surface area contributed by atoms with E-state index in [1.165, 1.54) is 6.92 Å². The van der Waals surface area contributed by atoms with Crippen LogP contribution in [0.4, 0.5) is 5.95 Å². The van der Waals surface area contributed by atoms with Crippen molar-refractivity contribution in [1.29, 1.82) is 0 Å². The van der Waals surface area contributed by atoms with Crippen LogP contribution in [0, 0.1) is 0 Å². The van der Waals surface area contributed by atoms with Crippen LogP contribution in [0.5, 0.6) is 0 Å². The number of hydrogen-bond donors (Lipinski definition) is 3. The maximum atomic E-state index is 12.4. The molecule has 0 aliphatic carbocycles. The Labute approximate surface area is 145 Å². The number of rotatable bonds is 4. The lowest BCUT2D eigenvalue weighted by atomic mass is 10.1. The van der Waals surface area contributed by atoms with Crippen molar-refractivity contribution in [2.45, 2.75) is 51.2 Å². The molecule has 0 aromatic carbocycles. The summed E-state index contributed by atoms with van der Waals surface area (Å²) in [6.45, 7) is 3.03. The van der Waals surface area contributed by atoms with E-state index in [4.69, 9.17) is 15.2 Å². The van der Waals surface area contributed by atoms with Gasteiger partial charge in [0.2, 0.25) is 5.95 Å². The molecule has 1 fully saturated rings. The number of aliphatic hydroxyl groups is 1. The van der Waals surface area contributed by atoms with Crippen LogP contribution in [0.2, 0.25) is 0 Å². The van der Waals surface area contributed by atoms with Crippen LogP contribution in [0.1, 0.15) is 32.9 Å². The molecular weight excluding hydrogens is 352 g/mol. The molecule has 4 unspecified atom stereocenters. The summed E-state index contributed by atoms with van der Waals surface area (Å²) in [6, 6.07) is 0. The van der Waals surface area contributed by atoms with Gasteiger partial charge in [0, 0.05) is 13.3 Å². The Kier molecular flexibility index (Phi) is 4.62. The molecule has 4 N–H and O–H groups in total. The van der Waals surface area contributed by atoms with Crippen LogP contribution in [-0.4, -0.2) is 43.9 Å². The van der Waals surface area contributed by atoms with Crippen molar-refractivity contribution < 1.29 is 19.4 Å². The normalized spacial score (nSPS) is 24.5. The largest absolute Gasteiger partial charge is 0.458 e. The van der Waals surface area contributed by atoms with E-state index in [1.807, 2.05) is 0 Å². The number of H-pyrrole nitrogens is 1. The Morgan fingerprint density at radius 2 is 2.32 bits per heavy atom. The van der Waals surface area contributed by atoms with Crippen LogP contribution < -0.4 is 16.2 Å². The third-order valence-corrected chi connectivity index (χ3v) is 4.95. The van der Waals surface area contributed by atoms with Gasteiger partial charge in [0.25, 0.3) is 5.56 Å². The van der Waals surface area contributed by atoms with Crippen LogP contribution >= 0.6 is 11.3 Å². The Hall–Kier alpha value is -2.24. The minimum Gasteiger partial charge on any atom is -0.458 e. The van der Waals surface area contributed by atoms with Gasteiger partial charge in [-0.1, -0.05) is 18.3 Å². The molecular formula is C14H18N4O6S. The van der Waals surface area contributed by atoms with Crippen molar-refractivity contribution in [2.24, 2.45) is 0 Å². The van der Waals surface area contributed by atoms with Crippen molar-refractivity contribution in [3.05, 3.63) is 20.0 Å². The second kappa shape index (κ2) is 6.58. The topological polar surface area (TPSA) is 150 Å². The van der Waals surface area contributed by atoms with E-state index >= 15 is 0 Å². The second-order valence-electron chi connectivity index (χ2n) is 5.77. The predicted molar refractivity (Wildman–Crippen MR) is 89.3 cm³/mol. The van der Waals surface area contributed by atoms with Gasteiger partial charge in [-0.3, -0.25) is 23.9 Å². The highest BCUT2D eigenvalue weighted by molar-refractivity contribution is 7.16. The molecule has 0 spiro atoms. The number of fused-ring (bicyclic) bond motifs is 1. The number of carbonyl (C=O) groups excluding carboxylic acids is 1. The van der Waals surface area contributed by atoms with Crippen molar-refractivity contribution in [2.75, 3.05) is 5.73 Å². The number of nitrogens with two attached hydrogens (primary N) is 1. The van der Waals surface area contributed by atoms with E-state index in [9.17, 15) is 19.5 Å². The van der Waals surface area contributed by atoms with Crippen LogP contribution in [0.3, 0.4) is 0 Å². The third kappa shape index (κ3) is 3.17. The number of ether oxygens (including phenoxy) is 2. The number of nitrogens with zero attached hydrogens (tertiary/aromatic N) is 2. The zero-order valence-electron chi connectivity index (χ0n) is 13.6. The minimum absolute atomic E-state index is 0.0602. The van der Waals surface area contributed by atoms with Crippen LogP contribution in [0.15, 0.2) is 9.59 Å². The fraction of sp³-hybridized carbons (Fsp3) is 0.571. The minimum atomic E-state index is -0.995. The summed E-state index contributed by atoms with van der Waals surface area (Å²) in [5.41, 5.74) is 5.10. The van der Waals surface area contributed by atoms with Crippen LogP contribution in [0.25, 0.3) is 10.3 Å². The van der Waals surface area contributed by atoms with E-state index in [1.54, 1.807) is 6.92 Å². The summed E-state index contributed by atoms with van der Waals surface area (Å²) in [4.78, 5) is 41.7. The molecule has 0 bridgehead atoms. The number of nitrogen functional groups attached to an aromatic ring is 1. The van der Waals surface area contributed by atoms with Crippen molar-refractivity contribution >= 4 is 33.6 Å². The van der Waals surface area contributed by atoms with E-state index < -0.39 is 40.9 Å². The van der Waals surface area contributed by atoms with Crippen molar-refractivity contribution in [3.63, 3.8) is 0 Å². The van der Waals surface area contributed by atoms with Gasteiger partial charge in [0.05, 0.1) is 12.2 Å². The Balaban J connectivity index is 2.10. The molecule has 3 rings (SSSR count). The first-order valence-corrected chi connectivity index (χ1v) is 8.55. The fourth-order valence-electron chi connectivity index (χ4n) is 2.90. The summed E-state index contributed by atoms with van der Waals surface area (Å²) < 4.78 is 12.3. The zero-order valence-corrected chi connectivity index (χ0v) is 14.4. The highest BCUT2D eigenvalue weighted by Crippen LogP contribution is 2.34. The molecule has 1 aliphatic heterocycles. The molecule has 0 amide bonds. The van der Waals surface area contributed by atoms with Crippen LogP contribution in [-0.2, 0) is 14.3 Å². The number of aromatic nitrogens is 3. The maximum Gasteiger partial charge on any atom is 0.311 e. The maximum absolute atomic E-state index is 12.4. The zero-order chi connectivity index (χ0) is 18.3. The van der Waals surface area contributed by atoms with Gasteiger partial charge >= 0.3 is 10.8 Å². The number of esters is 1. The number of anilines is 1. The number of carbonyl (C=O) groups is 1. The van der Waals surface area contributed by atoms with Gasteiger partial charge in [0.15, 0.2) is 11.9 Å². The predicted octanol–water partition coefficient (Wildman–Crippen LogP) is -0.281. The average molecular weight is 370 g/mol. The molecule has 2 aromatic heterocycles. The third-order valence-electron chi connectivity index (χ3n) is 4.01. The molecule has 2 aromatic rings. The smallest absolute Gasteiger partial charge is 0.311 e. The quantitative estimate of drug-likeness (QED) is 0.622. The Bertz CT molecular complexity index is 918. The lowest BCUT2D eigenvalue weighted by molar-refractivity contribution is -0.152. The first kappa shape index (κ1) is 17.6. The van der Waals surface area contributed by atoms with E-state index in [-0.39, 0.29) is 22.7 Å². The lowest BCUT2D eigenvalue weighted by Crippen LogP contribution is -2.30. The van der Waals surface area contributed by atoms with Crippen molar-refractivity contribution in [1.82, 2.24) is 14.5 Å². The van der Waals surface area contributed by atoms with E-state index in [2.05, 4.69) is 9.97 Å². The standard InChI is InChI=1S/C14H18N4O6S/c1-3-6(20)7-4-8(23-5(2)19)12(24-7)18-10-9(25-14(18)22)11(21)17-13(15)16-10/h6-8,12,20H,3-4H2,1-2H3,(H3,15,16,17,21). The highest BCUT2D eigenvalue weighted by atomic mass is 32.1. The number of thiazole rings is 1. The number of aliphatic hydroxyl groups excluding tert-OH is 1. The molecule has 4 atom stereocenters. The lowest BCUT2D eigenvalue weighted by Gasteiger charge is -2.20. The summed E-state index contributed by atoms with van der Waals surface area (Å²) in [5.74, 6) is -0.681. The average Bonchev–Trinajstić information content (AvgIpc) is 3.06. The summed E-state index contributed by atoms with van der Waals surface area (Å²) in [7, 11) is 0. The fourth-order valence-corrected chi connectivity index (χ4v) is 3.74. The molecule has 1 saturated heterocycles. The Morgan fingerprint density at radius 3 is 2.96 bits per heavy atom. The van der Waals surface area contributed by atoms with E-state index in [0.717, 1.165) is 4.57 Å². The Morgan fingerprint density at radius 1 is 1.60 bits per heavy atom. The van der Waals surface area contributed by atoms with Crippen molar-refractivity contribution in [3.8, 4) is 0 Å². The van der Waals surface area contributed by atoms with Gasteiger partial charge < -0.3 is 20.3 Å². The molecule has 0 saturated carbocycles. The van der Waals surface area contributed by atoms with E-state index in [0.29, 0.717) is 17.8 Å². The molecule has 0 radical (unpaired) electrons. The summed E-state index contributed by atoms with van der Waals surface area (Å²) in [6.07, 6.45) is -2.51. The second-order valence-corrected chi connectivity index (χ2v) is 6.73. The molecule has 11 heteroatoms. The van der Waals surface area contributed by atoms with Gasteiger partial charge in [-0.15, -0.1) is 0 Å². The van der Waals surface area contributed by atoms with Gasteiger partial charge in [-0.25, -0.2) is 0 Å². The summed E-state index contributed by atoms with van der Waals surface area (Å²) >= 11 is 0.700. The first-order valence-electron chi connectivity index (χ1n) is 7.73. The number of nitrogens with one attached hydrogen (secondary N) is 1. The molecule has 1 aliphatic rings. The highest BCUT2D eigenvalue weighted by Gasteiger charge is 2.43. The SMILES string of the molecule is CCC(O)C1CC(OC(C)=O)C(n2c(=O)sc3c(=O)[nH]c(N)nc32)O1. The number of aromatic amines is 1. The van der Waals surface area contributed by atoms with Gasteiger partial charge in [-0.05, 0) is 6.42 Å². The summed E-state index contributed by atoms with van der Waals surface area (Å²) in [5, 5.41) is 10.1. The van der Waals surface area contributed by atoms with Gasteiger partial charge in [0.1, 0.15) is 10.8 Å². The number of hydrogen-bond acceptors (Lipinski definition) is 9. The van der Waals surface area contributed by atoms with Gasteiger partial charge in [-0.2, -0.15) is 4.98 Å².